The van der Waals surface area contributed by atoms with E-state index in [2.05, 4.69) is 11.8 Å². The molecule has 0 aromatic rings. The molecule has 0 radical (unpaired) electrons. The molecule has 1 aliphatic carbocycles. The fourth-order valence-corrected chi connectivity index (χ4v) is 4.37. The number of nitrogens with zero attached hydrogens (tertiary/aromatic N) is 2. The smallest absolute Gasteiger partial charge is 0.227 e. The van der Waals surface area contributed by atoms with Gasteiger partial charge in [0.2, 0.25) is 5.91 Å². The van der Waals surface area contributed by atoms with Gasteiger partial charge in [0.05, 0.1) is 31.8 Å². The van der Waals surface area contributed by atoms with E-state index in [0.717, 1.165) is 52.2 Å². The second-order valence-corrected chi connectivity index (χ2v) is 7.75. The molecule has 5 heteroatoms. The molecule has 0 aromatic carbocycles. The minimum Gasteiger partial charge on any atom is -0.378 e. The van der Waals surface area contributed by atoms with Crippen molar-refractivity contribution in [2.75, 3.05) is 52.5 Å². The summed E-state index contributed by atoms with van der Waals surface area (Å²) in [5.41, 5.74) is 0. The van der Waals surface area contributed by atoms with Crippen LogP contribution in [0.1, 0.15) is 45.4 Å². The third-order valence-electron chi connectivity index (χ3n) is 5.95. The molecule has 5 nitrogen and oxygen atoms in total. The van der Waals surface area contributed by atoms with E-state index >= 15 is 0 Å². The summed E-state index contributed by atoms with van der Waals surface area (Å²) in [7, 11) is 0. The van der Waals surface area contributed by atoms with Crippen molar-refractivity contribution in [2.24, 2.45) is 11.8 Å². The normalized spacial score (nSPS) is 32.7. The van der Waals surface area contributed by atoms with Gasteiger partial charge in [-0.1, -0.05) is 19.8 Å². The van der Waals surface area contributed by atoms with Crippen LogP contribution in [0.2, 0.25) is 0 Å². The average molecular weight is 338 g/mol. The molecule has 2 heterocycles. The van der Waals surface area contributed by atoms with E-state index in [1.54, 1.807) is 0 Å². The highest BCUT2D eigenvalue weighted by Crippen LogP contribution is 2.26. The number of carbonyl (C=O) groups excluding carboxylic acids is 1. The van der Waals surface area contributed by atoms with Gasteiger partial charge in [-0.2, -0.15) is 0 Å². The largest absolute Gasteiger partial charge is 0.378 e. The van der Waals surface area contributed by atoms with Gasteiger partial charge in [-0.05, 0) is 38.1 Å². The second-order valence-electron chi connectivity index (χ2n) is 7.75. The number of hydrogen-bond acceptors (Lipinski definition) is 4. The van der Waals surface area contributed by atoms with Crippen molar-refractivity contribution in [3.63, 3.8) is 0 Å². The van der Waals surface area contributed by atoms with Crippen molar-refractivity contribution >= 4 is 5.91 Å². The molecule has 0 bridgehead atoms. The lowest BCUT2D eigenvalue weighted by Gasteiger charge is -2.36. The van der Waals surface area contributed by atoms with Crippen LogP contribution in [0, 0.1) is 11.8 Å². The molecule has 1 amide bonds. The van der Waals surface area contributed by atoms with E-state index in [1.807, 2.05) is 4.90 Å². The molecule has 24 heavy (non-hydrogen) atoms. The van der Waals surface area contributed by atoms with Crippen molar-refractivity contribution in [1.82, 2.24) is 9.80 Å². The van der Waals surface area contributed by atoms with Gasteiger partial charge < -0.3 is 19.3 Å². The lowest BCUT2D eigenvalue weighted by molar-refractivity contribution is -0.141. The fourth-order valence-electron chi connectivity index (χ4n) is 4.37. The first-order valence-electron chi connectivity index (χ1n) is 9.94. The molecule has 3 fully saturated rings. The van der Waals surface area contributed by atoms with Crippen LogP contribution >= 0.6 is 0 Å². The highest BCUT2D eigenvalue weighted by atomic mass is 16.5. The predicted octanol–water partition coefficient (Wildman–Crippen LogP) is 2.15. The molecule has 2 saturated heterocycles. The van der Waals surface area contributed by atoms with E-state index in [-0.39, 0.29) is 5.92 Å². The molecule has 0 N–H and O–H groups in total. The molecule has 0 unspecified atom stereocenters. The first-order chi connectivity index (χ1) is 11.7. The van der Waals surface area contributed by atoms with Crippen molar-refractivity contribution in [3.8, 4) is 0 Å². The molecule has 0 aromatic heterocycles. The van der Waals surface area contributed by atoms with Gasteiger partial charge in [0.15, 0.2) is 0 Å². The van der Waals surface area contributed by atoms with Crippen LogP contribution in [0.15, 0.2) is 0 Å². The molecule has 3 atom stereocenters. The first-order valence-corrected chi connectivity index (χ1v) is 9.94. The second kappa shape index (κ2) is 9.16. The van der Waals surface area contributed by atoms with Gasteiger partial charge >= 0.3 is 0 Å². The number of amides is 1. The number of morpholine rings is 1. The van der Waals surface area contributed by atoms with Crippen molar-refractivity contribution in [2.45, 2.75) is 51.6 Å². The van der Waals surface area contributed by atoms with Gasteiger partial charge in [-0.15, -0.1) is 0 Å². The Bertz CT molecular complexity index is 398. The van der Waals surface area contributed by atoms with Gasteiger partial charge in [-0.25, -0.2) is 0 Å². The van der Waals surface area contributed by atoms with Gasteiger partial charge in [0.25, 0.3) is 0 Å². The number of carbonyl (C=O) groups is 1. The number of ether oxygens (including phenoxy) is 2. The third-order valence-corrected chi connectivity index (χ3v) is 5.95. The topological polar surface area (TPSA) is 42.0 Å². The molecule has 2 aliphatic heterocycles. The number of rotatable bonds is 5. The van der Waals surface area contributed by atoms with E-state index in [1.165, 1.54) is 25.7 Å². The van der Waals surface area contributed by atoms with Crippen LogP contribution in [0.5, 0.6) is 0 Å². The summed E-state index contributed by atoms with van der Waals surface area (Å²) >= 11 is 0. The highest BCUT2D eigenvalue weighted by molar-refractivity contribution is 5.79. The number of likely N-dealkylation sites (tertiary alicyclic amines) is 1. The van der Waals surface area contributed by atoms with Crippen molar-refractivity contribution in [1.29, 1.82) is 0 Å². The Morgan fingerprint density at radius 2 is 1.88 bits per heavy atom. The molecule has 138 valence electrons. The third kappa shape index (κ3) is 4.93. The summed E-state index contributed by atoms with van der Waals surface area (Å²) in [5.74, 6) is 1.21. The Morgan fingerprint density at radius 3 is 2.67 bits per heavy atom. The van der Waals surface area contributed by atoms with Gasteiger partial charge in [0.1, 0.15) is 0 Å². The van der Waals surface area contributed by atoms with E-state index in [4.69, 9.17) is 9.47 Å². The molecule has 0 spiro atoms. The quantitative estimate of drug-likeness (QED) is 0.770. The Morgan fingerprint density at radius 1 is 1.08 bits per heavy atom. The fraction of sp³-hybridized carbons (Fsp3) is 0.947. The summed E-state index contributed by atoms with van der Waals surface area (Å²) < 4.78 is 11.5. The lowest BCUT2D eigenvalue weighted by atomic mass is 9.88. The SMILES string of the molecule is C[C@@H]1CCCC[C@@H]1OCCN1CCC[C@@H](C(=O)N2CCOCC2)C1. The van der Waals surface area contributed by atoms with Gasteiger partial charge in [-0.3, -0.25) is 4.79 Å². The standard InChI is InChI=1S/C19H34N2O3/c1-16-5-2-3-7-18(16)24-14-9-20-8-4-6-17(15-20)19(22)21-10-12-23-13-11-21/h16-18H,2-15H2,1H3/t16-,17-,18+/m1/s1. The molecule has 3 aliphatic rings. The summed E-state index contributed by atoms with van der Waals surface area (Å²) in [5, 5.41) is 0. The van der Waals surface area contributed by atoms with E-state index < -0.39 is 0 Å². The summed E-state index contributed by atoms with van der Waals surface area (Å²) in [6, 6.07) is 0. The first kappa shape index (κ1) is 18.2. The maximum Gasteiger partial charge on any atom is 0.227 e. The highest BCUT2D eigenvalue weighted by Gasteiger charge is 2.30. The molecular weight excluding hydrogens is 304 g/mol. The molecule has 3 rings (SSSR count). The zero-order valence-corrected chi connectivity index (χ0v) is 15.3. The van der Waals surface area contributed by atoms with Crippen LogP contribution in [-0.4, -0.2) is 74.4 Å². The van der Waals surface area contributed by atoms with E-state index in [0.29, 0.717) is 31.1 Å². The zero-order chi connectivity index (χ0) is 16.8. The van der Waals surface area contributed by atoms with Crippen molar-refractivity contribution in [3.05, 3.63) is 0 Å². The van der Waals surface area contributed by atoms with Crippen LogP contribution < -0.4 is 0 Å². The molecule has 1 saturated carbocycles. The van der Waals surface area contributed by atoms with Crippen LogP contribution in [0.3, 0.4) is 0 Å². The predicted molar refractivity (Wildman–Crippen MR) is 93.9 cm³/mol. The van der Waals surface area contributed by atoms with E-state index in [9.17, 15) is 4.79 Å². The molecular formula is C19H34N2O3. The maximum absolute atomic E-state index is 12.7. The summed E-state index contributed by atoms with van der Waals surface area (Å²) in [4.78, 5) is 17.1. The van der Waals surface area contributed by atoms with Crippen LogP contribution in [0.4, 0.5) is 0 Å². The Labute approximate surface area is 146 Å². The minimum absolute atomic E-state index is 0.172. The van der Waals surface area contributed by atoms with Crippen LogP contribution in [0.25, 0.3) is 0 Å². The zero-order valence-electron chi connectivity index (χ0n) is 15.3. The number of piperidine rings is 1. The lowest BCUT2D eigenvalue weighted by Crippen LogP contribution is -2.48. The Kier molecular flexibility index (Phi) is 6.93. The maximum atomic E-state index is 12.7. The minimum atomic E-state index is 0.172. The average Bonchev–Trinajstić information content (AvgIpc) is 2.64. The van der Waals surface area contributed by atoms with Gasteiger partial charge in [0, 0.05) is 26.2 Å². The van der Waals surface area contributed by atoms with Crippen LogP contribution in [-0.2, 0) is 14.3 Å². The Balaban J connectivity index is 1.39. The summed E-state index contributed by atoms with van der Waals surface area (Å²) in [6.07, 6.45) is 7.82. The number of hydrogen-bond donors (Lipinski definition) is 0. The van der Waals surface area contributed by atoms with Crippen molar-refractivity contribution < 1.29 is 14.3 Å². The monoisotopic (exact) mass is 338 g/mol. The summed E-state index contributed by atoms with van der Waals surface area (Å²) in [6.45, 7) is 9.02. The Hall–Kier alpha value is -0.650.